The number of nitrogens with zero attached hydrogens (tertiary/aromatic N) is 2. The molecule has 0 fully saturated rings. The molecule has 0 atom stereocenters. The second-order valence-corrected chi connectivity index (χ2v) is 25.2. The Kier molecular flexibility index (Phi) is 9.18. The van der Waals surface area contributed by atoms with Crippen LogP contribution in [0.1, 0.15) is 109 Å². The van der Waals surface area contributed by atoms with Crippen LogP contribution < -0.4 is 25.4 Å². The Morgan fingerprint density at radius 1 is 0.487 bits per heavy atom. The lowest BCUT2D eigenvalue weighted by Crippen LogP contribution is -2.62. The number of anilines is 5. The first-order valence-corrected chi connectivity index (χ1v) is 27.3. The van der Waals surface area contributed by atoms with Crippen LogP contribution >= 0.6 is 0 Å². The Morgan fingerprint density at radius 2 is 1.16 bits per heavy atom. The fraction of sp³-hybridized carbons (Fsp3) is 0.229. The molecule has 9 aromatic carbocycles. The number of rotatable bonds is 3. The summed E-state index contributed by atoms with van der Waals surface area (Å²) >= 11 is 0. The molecule has 76 heavy (non-hydrogen) atoms. The average molecular weight is 989 g/mol. The van der Waals surface area contributed by atoms with Crippen molar-refractivity contribution in [2.24, 2.45) is 0 Å². The van der Waals surface area contributed by atoms with Crippen molar-refractivity contribution in [3.8, 4) is 33.8 Å². The van der Waals surface area contributed by atoms with Crippen LogP contribution in [0.2, 0.25) is 0 Å². The van der Waals surface area contributed by atoms with Gasteiger partial charge in [-0.1, -0.05) is 165 Å². The number of aryl methyl sites for hydroxylation is 1. The molecule has 6 heteroatoms. The van der Waals surface area contributed by atoms with Gasteiger partial charge in [0.1, 0.15) is 33.8 Å². The molecule has 5 heterocycles. The van der Waals surface area contributed by atoms with Gasteiger partial charge in [0.15, 0.2) is 0 Å². The zero-order chi connectivity index (χ0) is 51.9. The lowest BCUT2D eigenvalue weighted by molar-refractivity contribution is 0.332. The minimum Gasteiger partial charge on any atom is -0.457 e. The standard InChI is InChI=1S/C70H61BN2O3/c1-40-32-50-51(69(7,8)31-30-68(50,5)6)37-55(40)72-57-39-63-52(70(9,10)49-24-16-19-27-61(49)75-63)36-53(57)71-65-58(72)35-47-44-23-15-18-26-60(44)76-66(47)64(65)48-34-46-43-22-14-17-25-59(43)74-62(46)38-56(48)73(71)54-29-28-42(67(2,3)4)33-45(54)41-20-12-11-13-21-41/h11-29,32-39H,30-31H2,1-10H3. The Bertz CT molecular complexity index is 4320. The van der Waals surface area contributed by atoms with Crippen molar-refractivity contribution in [2.45, 2.75) is 104 Å². The van der Waals surface area contributed by atoms with E-state index >= 15 is 0 Å². The number of ether oxygens (including phenoxy) is 1. The number of furan rings is 2. The van der Waals surface area contributed by atoms with Crippen molar-refractivity contribution >= 4 is 90.1 Å². The van der Waals surface area contributed by atoms with Crippen LogP contribution in [0.5, 0.6) is 11.5 Å². The summed E-state index contributed by atoms with van der Waals surface area (Å²) in [7, 11) is 0. The van der Waals surface area contributed by atoms with Crippen LogP contribution in [-0.2, 0) is 21.7 Å². The summed E-state index contributed by atoms with van der Waals surface area (Å²) in [4.78, 5) is 5.28. The maximum Gasteiger partial charge on any atom is 0.333 e. The number of hydrogen-bond acceptors (Lipinski definition) is 5. The van der Waals surface area contributed by atoms with E-state index in [0.717, 1.165) is 113 Å². The highest BCUT2D eigenvalue weighted by atomic mass is 16.5. The molecule has 1 aliphatic carbocycles. The van der Waals surface area contributed by atoms with E-state index in [2.05, 4.69) is 243 Å². The average Bonchev–Trinajstić information content (AvgIpc) is 4.14. The summed E-state index contributed by atoms with van der Waals surface area (Å²) in [6, 6.07) is 61.0. The van der Waals surface area contributed by atoms with Crippen molar-refractivity contribution in [3.05, 3.63) is 197 Å². The number of hydrogen-bond donors (Lipinski definition) is 0. The van der Waals surface area contributed by atoms with E-state index < -0.39 is 0 Å². The van der Waals surface area contributed by atoms with Crippen LogP contribution in [0, 0.1) is 6.92 Å². The van der Waals surface area contributed by atoms with Gasteiger partial charge >= 0.3 is 6.85 Å². The minimum absolute atomic E-state index is 0.0210. The zero-order valence-corrected chi connectivity index (χ0v) is 45.2. The smallest absolute Gasteiger partial charge is 0.333 e. The summed E-state index contributed by atoms with van der Waals surface area (Å²) < 4.78 is 21.4. The molecule has 15 rings (SSSR count). The highest BCUT2D eigenvalue weighted by molar-refractivity contribution is 6.94. The molecule has 5 nitrogen and oxygen atoms in total. The van der Waals surface area contributed by atoms with Gasteiger partial charge in [-0.3, -0.25) is 0 Å². The quantitative estimate of drug-likeness (QED) is 0.165. The van der Waals surface area contributed by atoms with Gasteiger partial charge in [-0.2, -0.15) is 0 Å². The lowest BCUT2D eigenvalue weighted by Gasteiger charge is -2.48. The van der Waals surface area contributed by atoms with Gasteiger partial charge in [0, 0.05) is 95.3 Å². The van der Waals surface area contributed by atoms with E-state index in [4.69, 9.17) is 13.6 Å². The van der Waals surface area contributed by atoms with E-state index in [1.165, 1.54) is 50.0 Å². The van der Waals surface area contributed by atoms with E-state index in [9.17, 15) is 0 Å². The van der Waals surface area contributed by atoms with Crippen LogP contribution in [0.3, 0.4) is 0 Å². The van der Waals surface area contributed by atoms with Crippen molar-refractivity contribution in [1.29, 1.82) is 0 Å². The number of fused-ring (bicyclic) bond motifs is 14. The summed E-state index contributed by atoms with van der Waals surface area (Å²) in [5.41, 5.74) is 23.4. The first-order chi connectivity index (χ1) is 36.5. The first-order valence-electron chi connectivity index (χ1n) is 27.3. The summed E-state index contributed by atoms with van der Waals surface area (Å²) in [5.74, 6) is 1.79. The molecule has 0 amide bonds. The molecule has 11 aromatic rings. The zero-order valence-electron chi connectivity index (χ0n) is 45.2. The number of benzene rings is 9. The van der Waals surface area contributed by atoms with Gasteiger partial charge < -0.3 is 23.3 Å². The maximum absolute atomic E-state index is 7.31. The molecule has 4 aliphatic rings. The third-order valence-electron chi connectivity index (χ3n) is 18.2. The third-order valence-corrected chi connectivity index (χ3v) is 18.2. The van der Waals surface area contributed by atoms with Crippen molar-refractivity contribution in [2.75, 3.05) is 9.71 Å². The molecule has 0 saturated heterocycles. The molecule has 0 bridgehead atoms. The normalized spacial score (nSPS) is 16.5. The Labute approximate surface area is 445 Å². The SMILES string of the molecule is Cc1cc2c(cc1N1c3cc4c(cc3B3c5c1cc1c(oc6ccccc61)c5-c1cc5c(cc1N3c1ccc(C(C)(C)C)cc1-c1ccccc1)oc1ccccc15)C(C)(C)c1ccccc1O4)C(C)(C)CCC2(C)C. The molecular weight excluding hydrogens is 928 g/mol. The van der Waals surface area contributed by atoms with Gasteiger partial charge in [0.25, 0.3) is 0 Å². The van der Waals surface area contributed by atoms with Gasteiger partial charge in [-0.25, -0.2) is 0 Å². The fourth-order valence-electron chi connectivity index (χ4n) is 13.9. The van der Waals surface area contributed by atoms with Gasteiger partial charge in [0.2, 0.25) is 0 Å². The van der Waals surface area contributed by atoms with Crippen LogP contribution in [0.25, 0.3) is 66.1 Å². The van der Waals surface area contributed by atoms with Crippen molar-refractivity contribution in [1.82, 2.24) is 0 Å². The molecule has 2 aromatic heterocycles. The topological polar surface area (TPSA) is 42.0 Å². The molecule has 3 aliphatic heterocycles. The highest BCUT2D eigenvalue weighted by Crippen LogP contribution is 2.57. The van der Waals surface area contributed by atoms with Crippen molar-refractivity contribution in [3.63, 3.8) is 0 Å². The molecule has 0 unspecified atom stereocenters. The lowest BCUT2D eigenvalue weighted by atomic mass is 9.42. The monoisotopic (exact) mass is 988 g/mol. The molecule has 0 spiro atoms. The number of para-hydroxylation sites is 3. The molecule has 372 valence electrons. The van der Waals surface area contributed by atoms with E-state index in [-0.39, 0.29) is 28.5 Å². The van der Waals surface area contributed by atoms with Crippen LogP contribution in [0.15, 0.2) is 173 Å². The summed E-state index contributed by atoms with van der Waals surface area (Å²) in [6.07, 6.45) is 2.27. The van der Waals surface area contributed by atoms with E-state index in [0.29, 0.717) is 0 Å². The molecule has 0 N–H and O–H groups in total. The largest absolute Gasteiger partial charge is 0.457 e. The van der Waals surface area contributed by atoms with Gasteiger partial charge in [-0.05, 0) is 123 Å². The Morgan fingerprint density at radius 3 is 1.91 bits per heavy atom. The predicted octanol–water partition coefficient (Wildman–Crippen LogP) is 18.2. The molecular formula is C70H61BN2O3. The summed E-state index contributed by atoms with van der Waals surface area (Å²) in [6.45, 7) is 23.4. The second-order valence-electron chi connectivity index (χ2n) is 25.2. The summed E-state index contributed by atoms with van der Waals surface area (Å²) in [5, 5.41) is 4.36. The van der Waals surface area contributed by atoms with E-state index in [1.807, 2.05) is 0 Å². The highest BCUT2D eigenvalue weighted by Gasteiger charge is 2.50. The Hall–Kier alpha value is -7.96. The van der Waals surface area contributed by atoms with Gasteiger partial charge in [0.05, 0.1) is 0 Å². The van der Waals surface area contributed by atoms with Crippen molar-refractivity contribution < 1.29 is 13.6 Å². The van der Waals surface area contributed by atoms with E-state index in [1.54, 1.807) is 0 Å². The fourth-order valence-corrected chi connectivity index (χ4v) is 13.9. The first kappa shape index (κ1) is 45.4. The van der Waals surface area contributed by atoms with Gasteiger partial charge in [-0.15, -0.1) is 0 Å². The molecule has 0 saturated carbocycles. The minimum atomic E-state index is -0.380. The third kappa shape index (κ3) is 6.27. The predicted molar refractivity (Wildman–Crippen MR) is 318 cm³/mol. The Balaban J connectivity index is 1.14. The maximum atomic E-state index is 7.31. The van der Waals surface area contributed by atoms with Crippen LogP contribution in [-0.4, -0.2) is 6.85 Å². The van der Waals surface area contributed by atoms with Crippen LogP contribution in [0.4, 0.5) is 28.4 Å². The second kappa shape index (κ2) is 15.3. The molecule has 0 radical (unpaired) electrons.